The number of benzene rings is 2. The van der Waals surface area contributed by atoms with Crippen molar-refractivity contribution in [3.8, 4) is 17.2 Å². The Balaban J connectivity index is 2.55. The highest BCUT2D eigenvalue weighted by atomic mass is 35.5. The molecule has 0 aliphatic carbocycles. The molecule has 140 valence electrons. The number of rotatable bonds is 8. The molecule has 0 saturated carbocycles. The van der Waals surface area contributed by atoms with Crippen LogP contribution in [-0.2, 0) is 10.0 Å². The molecule has 0 fully saturated rings. The Hall–Kier alpha value is -2.38. The third-order valence-electron chi connectivity index (χ3n) is 3.66. The molecule has 6 nitrogen and oxygen atoms in total. The lowest BCUT2D eigenvalue weighted by molar-refractivity contribution is 0.354. The Bertz CT molecular complexity index is 898. The Kier molecular flexibility index (Phi) is 6.39. The van der Waals surface area contributed by atoms with Gasteiger partial charge in [-0.2, -0.15) is 0 Å². The second-order valence-electron chi connectivity index (χ2n) is 5.16. The molecule has 0 heterocycles. The van der Waals surface area contributed by atoms with Crippen LogP contribution in [0.4, 0.5) is 5.69 Å². The number of methoxy groups -OCH3 is 3. The van der Waals surface area contributed by atoms with E-state index >= 15 is 0 Å². The number of hydrogen-bond acceptors (Lipinski definition) is 5. The summed E-state index contributed by atoms with van der Waals surface area (Å²) in [6.07, 6.45) is 1.50. The summed E-state index contributed by atoms with van der Waals surface area (Å²) in [7, 11) is 0.531. The van der Waals surface area contributed by atoms with Gasteiger partial charge in [-0.3, -0.25) is 4.31 Å². The van der Waals surface area contributed by atoms with Crippen LogP contribution in [0.3, 0.4) is 0 Å². The number of hydrogen-bond donors (Lipinski definition) is 0. The van der Waals surface area contributed by atoms with Crippen molar-refractivity contribution >= 4 is 27.3 Å². The van der Waals surface area contributed by atoms with Gasteiger partial charge in [-0.25, -0.2) is 8.42 Å². The largest absolute Gasteiger partial charge is 0.495 e. The minimum atomic E-state index is -3.88. The first-order valence-corrected chi connectivity index (χ1v) is 9.40. The molecule has 0 aromatic heterocycles. The molecule has 0 radical (unpaired) electrons. The second-order valence-corrected chi connectivity index (χ2v) is 7.43. The van der Waals surface area contributed by atoms with Gasteiger partial charge in [0.2, 0.25) is 0 Å². The number of halogens is 1. The van der Waals surface area contributed by atoms with Gasteiger partial charge in [0.05, 0.1) is 43.5 Å². The molecule has 2 aromatic rings. The fourth-order valence-corrected chi connectivity index (χ4v) is 4.07. The molecular weight excluding hydrogens is 378 g/mol. The summed E-state index contributed by atoms with van der Waals surface area (Å²) >= 11 is 6.15. The van der Waals surface area contributed by atoms with Gasteiger partial charge in [0.15, 0.2) is 11.5 Å². The summed E-state index contributed by atoms with van der Waals surface area (Å²) in [6.45, 7) is 3.71. The quantitative estimate of drug-likeness (QED) is 0.635. The molecule has 0 atom stereocenters. The molecule has 2 rings (SSSR count). The Labute approximate surface area is 158 Å². The van der Waals surface area contributed by atoms with E-state index in [1.807, 2.05) is 0 Å². The van der Waals surface area contributed by atoms with Gasteiger partial charge in [-0.15, -0.1) is 6.58 Å². The smallest absolute Gasteiger partial charge is 0.264 e. The minimum absolute atomic E-state index is 0.0592. The molecule has 0 N–H and O–H groups in total. The van der Waals surface area contributed by atoms with Gasteiger partial charge in [0.25, 0.3) is 10.0 Å². The molecule has 0 aliphatic heterocycles. The topological polar surface area (TPSA) is 65.1 Å². The van der Waals surface area contributed by atoms with Crippen LogP contribution < -0.4 is 18.5 Å². The van der Waals surface area contributed by atoms with Crippen LogP contribution in [0.15, 0.2) is 53.9 Å². The third kappa shape index (κ3) is 3.89. The summed E-state index contributed by atoms with van der Waals surface area (Å²) in [6, 6.07) is 9.17. The zero-order valence-corrected chi connectivity index (χ0v) is 16.3. The van der Waals surface area contributed by atoms with E-state index in [0.29, 0.717) is 28.0 Å². The van der Waals surface area contributed by atoms with E-state index in [1.54, 1.807) is 18.2 Å². The molecule has 8 heteroatoms. The Morgan fingerprint density at radius 3 is 2.15 bits per heavy atom. The van der Waals surface area contributed by atoms with E-state index in [4.69, 9.17) is 25.8 Å². The zero-order valence-electron chi connectivity index (χ0n) is 14.7. The van der Waals surface area contributed by atoms with Crippen molar-refractivity contribution in [2.24, 2.45) is 0 Å². The molecule has 26 heavy (non-hydrogen) atoms. The van der Waals surface area contributed by atoms with Gasteiger partial charge in [0.1, 0.15) is 5.75 Å². The summed E-state index contributed by atoms with van der Waals surface area (Å²) < 4.78 is 43.0. The summed E-state index contributed by atoms with van der Waals surface area (Å²) in [5, 5.41) is 0.307. The average molecular weight is 398 g/mol. The molecular formula is C18H20ClNO5S. The summed E-state index contributed by atoms with van der Waals surface area (Å²) in [5.41, 5.74) is 0.394. The molecule has 0 aliphatic rings. The Morgan fingerprint density at radius 1 is 1.00 bits per heavy atom. The predicted octanol–water partition coefficient (Wildman–Crippen LogP) is 3.75. The van der Waals surface area contributed by atoms with Crippen LogP contribution in [0.2, 0.25) is 5.02 Å². The minimum Gasteiger partial charge on any atom is -0.495 e. The first-order chi connectivity index (χ1) is 12.4. The van der Waals surface area contributed by atoms with Gasteiger partial charge >= 0.3 is 0 Å². The highest BCUT2D eigenvalue weighted by molar-refractivity contribution is 7.92. The van der Waals surface area contributed by atoms with Crippen LogP contribution in [0.1, 0.15) is 0 Å². The fourth-order valence-electron chi connectivity index (χ4n) is 2.37. The summed E-state index contributed by atoms with van der Waals surface area (Å²) in [5.74, 6) is 1.21. The zero-order chi connectivity index (χ0) is 19.3. The molecule has 0 amide bonds. The summed E-state index contributed by atoms with van der Waals surface area (Å²) in [4.78, 5) is 0.0592. The lowest BCUT2D eigenvalue weighted by Crippen LogP contribution is -2.31. The maximum absolute atomic E-state index is 13.2. The second kappa shape index (κ2) is 8.33. The number of ether oxygens (including phenoxy) is 3. The molecule has 0 unspecified atom stereocenters. The molecule has 0 spiro atoms. The van der Waals surface area contributed by atoms with Crippen molar-refractivity contribution in [3.63, 3.8) is 0 Å². The third-order valence-corrected chi connectivity index (χ3v) is 5.75. The normalized spacial score (nSPS) is 10.9. The molecule has 2 aromatic carbocycles. The van der Waals surface area contributed by atoms with E-state index in [2.05, 4.69) is 6.58 Å². The van der Waals surface area contributed by atoms with Crippen molar-refractivity contribution in [1.29, 1.82) is 0 Å². The highest BCUT2D eigenvalue weighted by Crippen LogP contribution is 2.34. The first-order valence-electron chi connectivity index (χ1n) is 7.58. The van der Waals surface area contributed by atoms with Crippen LogP contribution in [0, 0.1) is 0 Å². The lowest BCUT2D eigenvalue weighted by atomic mass is 10.3. The maximum atomic E-state index is 13.2. The van der Waals surface area contributed by atoms with Crippen LogP contribution in [0.5, 0.6) is 17.2 Å². The maximum Gasteiger partial charge on any atom is 0.264 e. The first kappa shape index (κ1) is 19.9. The van der Waals surface area contributed by atoms with E-state index in [1.165, 1.54) is 49.9 Å². The fraction of sp³-hybridized carbons (Fsp3) is 0.222. The van der Waals surface area contributed by atoms with Crippen molar-refractivity contribution in [1.82, 2.24) is 0 Å². The van der Waals surface area contributed by atoms with Gasteiger partial charge in [-0.05, 0) is 30.3 Å². The van der Waals surface area contributed by atoms with Gasteiger partial charge < -0.3 is 14.2 Å². The number of sulfonamides is 1. The molecule has 0 bridgehead atoms. The number of anilines is 1. The van der Waals surface area contributed by atoms with Crippen LogP contribution in [0.25, 0.3) is 0 Å². The number of nitrogens with zero attached hydrogens (tertiary/aromatic N) is 1. The predicted molar refractivity (Wildman–Crippen MR) is 102 cm³/mol. The SMILES string of the molecule is C=CCN(c1ccc(OC)c(Cl)c1)S(=O)(=O)c1ccc(OC)c(OC)c1. The van der Waals surface area contributed by atoms with E-state index in [9.17, 15) is 8.42 Å². The molecule has 0 saturated heterocycles. The lowest BCUT2D eigenvalue weighted by Gasteiger charge is -2.24. The van der Waals surface area contributed by atoms with Crippen molar-refractivity contribution < 1.29 is 22.6 Å². The van der Waals surface area contributed by atoms with Gasteiger partial charge in [0, 0.05) is 6.07 Å². The van der Waals surface area contributed by atoms with Crippen molar-refractivity contribution in [3.05, 3.63) is 54.1 Å². The van der Waals surface area contributed by atoms with Crippen LogP contribution in [-0.4, -0.2) is 36.3 Å². The monoisotopic (exact) mass is 397 g/mol. The van der Waals surface area contributed by atoms with E-state index in [-0.39, 0.29) is 11.4 Å². The van der Waals surface area contributed by atoms with E-state index < -0.39 is 10.0 Å². The van der Waals surface area contributed by atoms with Gasteiger partial charge in [-0.1, -0.05) is 17.7 Å². The highest BCUT2D eigenvalue weighted by Gasteiger charge is 2.26. The van der Waals surface area contributed by atoms with E-state index in [0.717, 1.165) is 0 Å². The van der Waals surface area contributed by atoms with Crippen molar-refractivity contribution in [2.45, 2.75) is 4.90 Å². The average Bonchev–Trinajstić information content (AvgIpc) is 2.65. The Morgan fingerprint density at radius 2 is 1.62 bits per heavy atom. The van der Waals surface area contributed by atoms with Crippen LogP contribution >= 0.6 is 11.6 Å². The standard InChI is InChI=1S/C18H20ClNO5S/c1-5-10-20(13-6-8-16(23-2)15(19)11-13)26(21,22)14-7-9-17(24-3)18(12-14)25-4/h5-9,11-12H,1,10H2,2-4H3. The van der Waals surface area contributed by atoms with Crippen molar-refractivity contribution in [2.75, 3.05) is 32.2 Å².